The van der Waals surface area contributed by atoms with E-state index in [1.165, 1.54) is 0 Å². The molecule has 2 rings (SSSR count). The van der Waals surface area contributed by atoms with Gasteiger partial charge in [0.1, 0.15) is 5.75 Å². The maximum atomic E-state index is 9.02. The minimum Gasteiger partial charge on any atom is -0.439 e. The second-order valence-corrected chi connectivity index (χ2v) is 4.40. The van der Waals surface area contributed by atoms with E-state index in [1.807, 2.05) is 37.3 Å². The van der Waals surface area contributed by atoms with Crippen molar-refractivity contribution in [3.8, 4) is 11.6 Å². The molecule has 0 radical (unpaired) electrons. The third kappa shape index (κ3) is 3.53. The van der Waals surface area contributed by atoms with Gasteiger partial charge in [0.25, 0.3) is 0 Å². The first-order valence-corrected chi connectivity index (χ1v) is 6.29. The minimum atomic E-state index is -0.0387. The van der Waals surface area contributed by atoms with Crippen molar-refractivity contribution in [2.75, 3.05) is 6.61 Å². The SMILES string of the molecule is C[C@H](N)c1ccc(Oc2ccccc2CCO)nc1. The Kier molecular flexibility index (Phi) is 4.49. The number of aliphatic hydroxyl groups excluding tert-OH is 1. The van der Waals surface area contributed by atoms with E-state index < -0.39 is 0 Å². The second-order valence-electron chi connectivity index (χ2n) is 4.40. The predicted octanol–water partition coefficient (Wildman–Crippen LogP) is 2.43. The van der Waals surface area contributed by atoms with Crippen LogP contribution in [0.1, 0.15) is 24.1 Å². The number of ether oxygens (including phenoxy) is 1. The molecule has 0 fully saturated rings. The number of pyridine rings is 1. The van der Waals surface area contributed by atoms with Crippen molar-refractivity contribution >= 4 is 0 Å². The average Bonchev–Trinajstić information content (AvgIpc) is 2.42. The Balaban J connectivity index is 2.16. The van der Waals surface area contributed by atoms with Crippen molar-refractivity contribution in [3.63, 3.8) is 0 Å². The van der Waals surface area contributed by atoms with E-state index in [9.17, 15) is 0 Å². The highest BCUT2D eigenvalue weighted by atomic mass is 16.5. The summed E-state index contributed by atoms with van der Waals surface area (Å²) in [6.45, 7) is 2.01. The van der Waals surface area contributed by atoms with E-state index in [4.69, 9.17) is 15.6 Å². The van der Waals surface area contributed by atoms with Gasteiger partial charge >= 0.3 is 0 Å². The van der Waals surface area contributed by atoms with Gasteiger partial charge in [-0.05, 0) is 30.5 Å². The zero-order valence-electron chi connectivity index (χ0n) is 10.9. The molecule has 0 aliphatic carbocycles. The van der Waals surface area contributed by atoms with E-state index >= 15 is 0 Å². The molecule has 4 nitrogen and oxygen atoms in total. The first kappa shape index (κ1) is 13.5. The lowest BCUT2D eigenvalue weighted by molar-refractivity contribution is 0.297. The van der Waals surface area contributed by atoms with Crippen LogP contribution in [-0.2, 0) is 6.42 Å². The third-order valence-corrected chi connectivity index (χ3v) is 2.85. The van der Waals surface area contributed by atoms with Gasteiger partial charge in [0, 0.05) is 24.9 Å². The number of para-hydroxylation sites is 1. The number of hydrogen-bond acceptors (Lipinski definition) is 4. The first-order chi connectivity index (χ1) is 9.20. The normalized spacial score (nSPS) is 12.2. The Labute approximate surface area is 112 Å². The molecular formula is C15H18N2O2. The molecule has 0 unspecified atom stereocenters. The summed E-state index contributed by atoms with van der Waals surface area (Å²) in [6.07, 6.45) is 2.28. The van der Waals surface area contributed by atoms with E-state index in [1.54, 1.807) is 12.3 Å². The molecule has 1 aromatic heterocycles. The van der Waals surface area contributed by atoms with E-state index in [0.29, 0.717) is 12.3 Å². The third-order valence-electron chi connectivity index (χ3n) is 2.85. The average molecular weight is 258 g/mol. The quantitative estimate of drug-likeness (QED) is 0.864. The van der Waals surface area contributed by atoms with Crippen LogP contribution in [-0.4, -0.2) is 16.7 Å². The summed E-state index contributed by atoms with van der Waals surface area (Å²) in [5, 5.41) is 9.02. The van der Waals surface area contributed by atoms with Gasteiger partial charge in [0.15, 0.2) is 0 Å². The van der Waals surface area contributed by atoms with Crippen LogP contribution in [0.15, 0.2) is 42.6 Å². The monoisotopic (exact) mass is 258 g/mol. The number of rotatable bonds is 5. The molecule has 100 valence electrons. The maximum Gasteiger partial charge on any atom is 0.219 e. The smallest absolute Gasteiger partial charge is 0.219 e. The molecule has 19 heavy (non-hydrogen) atoms. The van der Waals surface area contributed by atoms with Gasteiger partial charge in [-0.2, -0.15) is 0 Å². The molecule has 1 atom stereocenters. The van der Waals surface area contributed by atoms with Crippen molar-refractivity contribution in [2.45, 2.75) is 19.4 Å². The van der Waals surface area contributed by atoms with Gasteiger partial charge in [0.2, 0.25) is 5.88 Å². The molecule has 0 bridgehead atoms. The second kappa shape index (κ2) is 6.31. The number of nitrogens with two attached hydrogens (primary N) is 1. The summed E-state index contributed by atoms with van der Waals surface area (Å²) in [4.78, 5) is 4.23. The number of aliphatic hydroxyl groups is 1. The standard InChI is InChI=1S/C15H18N2O2/c1-11(16)13-6-7-15(17-10-13)19-14-5-3-2-4-12(14)8-9-18/h2-7,10-11,18H,8-9,16H2,1H3/t11-/m0/s1. The zero-order valence-corrected chi connectivity index (χ0v) is 10.9. The van der Waals surface area contributed by atoms with Crippen LogP contribution in [0.5, 0.6) is 11.6 Å². The molecule has 2 aromatic rings. The molecule has 3 N–H and O–H groups in total. The van der Waals surface area contributed by atoms with Crippen molar-refractivity contribution < 1.29 is 9.84 Å². The molecular weight excluding hydrogens is 240 g/mol. The van der Waals surface area contributed by atoms with Crippen molar-refractivity contribution in [1.82, 2.24) is 4.98 Å². The van der Waals surface area contributed by atoms with Crippen LogP contribution in [0.2, 0.25) is 0 Å². The van der Waals surface area contributed by atoms with Crippen LogP contribution in [0, 0.1) is 0 Å². The van der Waals surface area contributed by atoms with Crippen LogP contribution in [0.4, 0.5) is 0 Å². The molecule has 0 saturated carbocycles. The van der Waals surface area contributed by atoms with E-state index in [2.05, 4.69) is 4.98 Å². The Morgan fingerprint density at radius 2 is 2.05 bits per heavy atom. The Morgan fingerprint density at radius 3 is 2.68 bits per heavy atom. The van der Waals surface area contributed by atoms with Crippen LogP contribution in [0.25, 0.3) is 0 Å². The van der Waals surface area contributed by atoms with Crippen molar-refractivity contribution in [2.24, 2.45) is 5.73 Å². The number of aromatic nitrogens is 1. The van der Waals surface area contributed by atoms with Gasteiger partial charge in [-0.15, -0.1) is 0 Å². The first-order valence-electron chi connectivity index (χ1n) is 6.29. The molecule has 0 saturated heterocycles. The summed E-state index contributed by atoms with van der Waals surface area (Å²) < 4.78 is 5.73. The summed E-state index contributed by atoms with van der Waals surface area (Å²) in [6, 6.07) is 11.3. The maximum absolute atomic E-state index is 9.02. The fourth-order valence-electron chi connectivity index (χ4n) is 1.76. The lowest BCUT2D eigenvalue weighted by Gasteiger charge is -2.10. The van der Waals surface area contributed by atoms with Gasteiger partial charge in [-0.1, -0.05) is 24.3 Å². The molecule has 1 aromatic carbocycles. The van der Waals surface area contributed by atoms with E-state index in [0.717, 1.165) is 16.9 Å². The van der Waals surface area contributed by atoms with Crippen LogP contribution >= 0.6 is 0 Å². The number of nitrogens with zero attached hydrogens (tertiary/aromatic N) is 1. The molecule has 0 aliphatic rings. The molecule has 0 spiro atoms. The predicted molar refractivity (Wildman–Crippen MR) is 74.1 cm³/mol. The lowest BCUT2D eigenvalue weighted by atomic mass is 10.1. The van der Waals surface area contributed by atoms with E-state index in [-0.39, 0.29) is 12.6 Å². The highest BCUT2D eigenvalue weighted by molar-refractivity contribution is 5.36. The van der Waals surface area contributed by atoms with Gasteiger partial charge in [-0.25, -0.2) is 4.98 Å². The minimum absolute atomic E-state index is 0.0387. The molecule has 0 aliphatic heterocycles. The topological polar surface area (TPSA) is 68.4 Å². The largest absolute Gasteiger partial charge is 0.439 e. The summed E-state index contributed by atoms with van der Waals surface area (Å²) in [7, 11) is 0. The highest BCUT2D eigenvalue weighted by Gasteiger charge is 2.05. The summed E-state index contributed by atoms with van der Waals surface area (Å²) >= 11 is 0. The van der Waals surface area contributed by atoms with Gasteiger partial charge in [-0.3, -0.25) is 0 Å². The lowest BCUT2D eigenvalue weighted by Crippen LogP contribution is -2.05. The fourth-order valence-corrected chi connectivity index (χ4v) is 1.76. The highest BCUT2D eigenvalue weighted by Crippen LogP contribution is 2.24. The fraction of sp³-hybridized carbons (Fsp3) is 0.267. The van der Waals surface area contributed by atoms with Gasteiger partial charge < -0.3 is 15.6 Å². The Hall–Kier alpha value is -1.91. The van der Waals surface area contributed by atoms with Gasteiger partial charge in [0.05, 0.1) is 0 Å². The Bertz CT molecular complexity index is 524. The number of hydrogen-bond donors (Lipinski definition) is 2. The van der Waals surface area contributed by atoms with Crippen LogP contribution < -0.4 is 10.5 Å². The van der Waals surface area contributed by atoms with Crippen molar-refractivity contribution in [3.05, 3.63) is 53.7 Å². The molecule has 4 heteroatoms. The summed E-state index contributed by atoms with van der Waals surface area (Å²) in [5.41, 5.74) is 7.70. The zero-order chi connectivity index (χ0) is 13.7. The summed E-state index contributed by atoms with van der Waals surface area (Å²) in [5.74, 6) is 1.24. The number of benzene rings is 1. The Morgan fingerprint density at radius 1 is 1.26 bits per heavy atom. The molecule has 1 heterocycles. The van der Waals surface area contributed by atoms with Crippen LogP contribution in [0.3, 0.4) is 0 Å². The van der Waals surface area contributed by atoms with Crippen molar-refractivity contribution in [1.29, 1.82) is 0 Å². The molecule has 0 amide bonds.